The quantitative estimate of drug-likeness (QED) is 0.849. The van der Waals surface area contributed by atoms with E-state index in [0.29, 0.717) is 28.2 Å². The molecule has 2 aromatic rings. The average molecular weight is 311 g/mol. The van der Waals surface area contributed by atoms with E-state index in [4.69, 9.17) is 16.3 Å². The summed E-state index contributed by atoms with van der Waals surface area (Å²) in [6.45, 7) is 2.81. The summed E-state index contributed by atoms with van der Waals surface area (Å²) in [6.07, 6.45) is 2.46. The highest BCUT2D eigenvalue weighted by atomic mass is 35.5. The number of hydrogen-bond donors (Lipinski definition) is 2. The fourth-order valence-electron chi connectivity index (χ4n) is 1.67. The maximum atomic E-state index is 13.2. The van der Waals surface area contributed by atoms with Gasteiger partial charge in [-0.05, 0) is 18.6 Å². The van der Waals surface area contributed by atoms with Crippen molar-refractivity contribution in [1.29, 1.82) is 0 Å². The number of nitrogens with zero attached hydrogens (tertiary/aromatic N) is 2. The molecule has 0 aliphatic rings. The summed E-state index contributed by atoms with van der Waals surface area (Å²) in [5.74, 6) is 0.893. The zero-order valence-corrected chi connectivity index (χ0v) is 12.5. The van der Waals surface area contributed by atoms with Crippen LogP contribution in [0.1, 0.15) is 13.3 Å². The standard InChI is InChI=1S/C14H16ClFN4O/c1-3-6-17-14-18-8-10(15)13(20-14)19-11-5-4-9(16)7-12(11)21-2/h4-5,7-8H,3,6H2,1-2H3,(H2,17,18,19,20). The van der Waals surface area contributed by atoms with Gasteiger partial charge in [0.05, 0.1) is 19.0 Å². The lowest BCUT2D eigenvalue weighted by Gasteiger charge is -2.12. The van der Waals surface area contributed by atoms with Gasteiger partial charge >= 0.3 is 0 Å². The van der Waals surface area contributed by atoms with Crippen LogP contribution in [0, 0.1) is 5.82 Å². The summed E-state index contributed by atoms with van der Waals surface area (Å²) in [6, 6.07) is 4.18. The minimum Gasteiger partial charge on any atom is -0.494 e. The zero-order chi connectivity index (χ0) is 15.2. The predicted octanol–water partition coefficient (Wildman–Crippen LogP) is 3.84. The maximum Gasteiger partial charge on any atom is 0.224 e. The molecule has 0 fully saturated rings. The minimum absolute atomic E-state index is 0.364. The van der Waals surface area contributed by atoms with Crippen LogP contribution >= 0.6 is 11.6 Å². The molecule has 5 nitrogen and oxygen atoms in total. The van der Waals surface area contributed by atoms with E-state index in [1.165, 1.54) is 25.4 Å². The van der Waals surface area contributed by atoms with Gasteiger partial charge in [-0.15, -0.1) is 0 Å². The van der Waals surface area contributed by atoms with Gasteiger partial charge in [-0.3, -0.25) is 0 Å². The summed E-state index contributed by atoms with van der Waals surface area (Å²) in [4.78, 5) is 8.38. The molecule has 1 heterocycles. The summed E-state index contributed by atoms with van der Waals surface area (Å²) in [7, 11) is 1.47. The van der Waals surface area contributed by atoms with E-state index in [2.05, 4.69) is 20.6 Å². The van der Waals surface area contributed by atoms with Gasteiger partial charge in [0.15, 0.2) is 5.82 Å². The van der Waals surface area contributed by atoms with Crippen LogP contribution < -0.4 is 15.4 Å². The van der Waals surface area contributed by atoms with Crippen molar-refractivity contribution in [2.24, 2.45) is 0 Å². The van der Waals surface area contributed by atoms with Crippen LogP contribution in [0.3, 0.4) is 0 Å². The van der Waals surface area contributed by atoms with E-state index in [9.17, 15) is 4.39 Å². The van der Waals surface area contributed by atoms with Crippen molar-refractivity contribution in [3.63, 3.8) is 0 Å². The molecule has 0 radical (unpaired) electrons. The highest BCUT2D eigenvalue weighted by molar-refractivity contribution is 6.32. The smallest absolute Gasteiger partial charge is 0.224 e. The van der Waals surface area contributed by atoms with E-state index in [1.54, 1.807) is 6.07 Å². The number of hydrogen-bond acceptors (Lipinski definition) is 5. The fourth-order valence-corrected chi connectivity index (χ4v) is 1.81. The van der Waals surface area contributed by atoms with Crippen molar-refractivity contribution < 1.29 is 9.13 Å². The Morgan fingerprint density at radius 3 is 2.90 bits per heavy atom. The van der Waals surface area contributed by atoms with Gasteiger partial charge in [-0.1, -0.05) is 18.5 Å². The normalized spacial score (nSPS) is 10.3. The zero-order valence-electron chi connectivity index (χ0n) is 11.8. The van der Waals surface area contributed by atoms with E-state index < -0.39 is 0 Å². The molecule has 0 saturated heterocycles. The first-order chi connectivity index (χ1) is 10.1. The van der Waals surface area contributed by atoms with Crippen molar-refractivity contribution in [2.45, 2.75) is 13.3 Å². The van der Waals surface area contributed by atoms with Crippen molar-refractivity contribution in [2.75, 3.05) is 24.3 Å². The summed E-state index contributed by atoms with van der Waals surface area (Å²) < 4.78 is 18.3. The van der Waals surface area contributed by atoms with Crippen LogP contribution in [0.15, 0.2) is 24.4 Å². The Morgan fingerprint density at radius 2 is 2.19 bits per heavy atom. The number of aromatic nitrogens is 2. The molecule has 0 spiro atoms. The Hall–Kier alpha value is -2.08. The highest BCUT2D eigenvalue weighted by Gasteiger charge is 2.10. The first-order valence-corrected chi connectivity index (χ1v) is 6.88. The van der Waals surface area contributed by atoms with E-state index in [0.717, 1.165) is 13.0 Å². The molecule has 0 aliphatic carbocycles. The molecule has 7 heteroatoms. The molecule has 112 valence electrons. The lowest BCUT2D eigenvalue weighted by Crippen LogP contribution is -2.06. The van der Waals surface area contributed by atoms with E-state index >= 15 is 0 Å². The van der Waals surface area contributed by atoms with Gasteiger partial charge in [0.1, 0.15) is 16.6 Å². The molecule has 0 unspecified atom stereocenters. The minimum atomic E-state index is -0.378. The molecule has 2 rings (SSSR count). The number of ether oxygens (including phenoxy) is 1. The third-order valence-corrected chi connectivity index (χ3v) is 2.97. The van der Waals surface area contributed by atoms with E-state index in [-0.39, 0.29) is 5.82 Å². The van der Waals surface area contributed by atoms with Gasteiger partial charge in [0.25, 0.3) is 0 Å². The number of rotatable bonds is 6. The lowest BCUT2D eigenvalue weighted by atomic mass is 10.3. The highest BCUT2D eigenvalue weighted by Crippen LogP contribution is 2.30. The van der Waals surface area contributed by atoms with Crippen molar-refractivity contribution >= 4 is 29.1 Å². The average Bonchev–Trinajstić information content (AvgIpc) is 2.49. The second kappa shape index (κ2) is 7.08. The number of benzene rings is 1. The second-order valence-electron chi connectivity index (χ2n) is 4.29. The third-order valence-electron chi connectivity index (χ3n) is 2.69. The Labute approximate surface area is 127 Å². The first-order valence-electron chi connectivity index (χ1n) is 6.51. The molecule has 1 aromatic carbocycles. The molecule has 0 bridgehead atoms. The van der Waals surface area contributed by atoms with Gasteiger partial charge in [-0.25, -0.2) is 9.37 Å². The topological polar surface area (TPSA) is 59.1 Å². The van der Waals surface area contributed by atoms with Crippen LogP contribution in [-0.4, -0.2) is 23.6 Å². The van der Waals surface area contributed by atoms with Crippen LogP contribution in [0.4, 0.5) is 21.8 Å². The third kappa shape index (κ3) is 3.95. The largest absolute Gasteiger partial charge is 0.494 e. The number of nitrogens with one attached hydrogen (secondary N) is 2. The number of methoxy groups -OCH3 is 1. The first kappa shape index (κ1) is 15.3. The predicted molar refractivity (Wildman–Crippen MR) is 82.1 cm³/mol. The number of halogens is 2. The van der Waals surface area contributed by atoms with Gasteiger partial charge < -0.3 is 15.4 Å². The number of anilines is 3. The Morgan fingerprint density at radius 1 is 1.38 bits per heavy atom. The van der Waals surface area contributed by atoms with Crippen LogP contribution in [0.5, 0.6) is 5.75 Å². The Kier molecular flexibility index (Phi) is 5.16. The lowest BCUT2D eigenvalue weighted by molar-refractivity contribution is 0.413. The molecular weight excluding hydrogens is 295 g/mol. The van der Waals surface area contributed by atoms with Crippen molar-refractivity contribution in [3.05, 3.63) is 35.2 Å². The van der Waals surface area contributed by atoms with E-state index in [1.807, 2.05) is 6.92 Å². The molecule has 0 saturated carbocycles. The van der Waals surface area contributed by atoms with Gasteiger partial charge in [0.2, 0.25) is 5.95 Å². The molecule has 0 aliphatic heterocycles. The van der Waals surface area contributed by atoms with Crippen molar-refractivity contribution in [3.8, 4) is 5.75 Å². The molecule has 0 amide bonds. The molecular formula is C14H16ClFN4O. The Bertz CT molecular complexity index is 624. The second-order valence-corrected chi connectivity index (χ2v) is 4.69. The monoisotopic (exact) mass is 310 g/mol. The summed E-state index contributed by atoms with van der Waals surface area (Å²) >= 11 is 6.08. The fraction of sp³-hybridized carbons (Fsp3) is 0.286. The Balaban J connectivity index is 2.26. The maximum absolute atomic E-state index is 13.2. The molecule has 21 heavy (non-hydrogen) atoms. The van der Waals surface area contributed by atoms with Gasteiger partial charge in [0, 0.05) is 12.6 Å². The van der Waals surface area contributed by atoms with Crippen LogP contribution in [-0.2, 0) is 0 Å². The van der Waals surface area contributed by atoms with Crippen molar-refractivity contribution in [1.82, 2.24) is 9.97 Å². The van der Waals surface area contributed by atoms with Crippen LogP contribution in [0.25, 0.3) is 0 Å². The molecule has 1 aromatic heterocycles. The molecule has 0 atom stereocenters. The summed E-state index contributed by atoms with van der Waals surface area (Å²) in [5.41, 5.74) is 0.570. The molecule has 2 N–H and O–H groups in total. The van der Waals surface area contributed by atoms with Gasteiger partial charge in [-0.2, -0.15) is 4.98 Å². The SMILES string of the molecule is CCCNc1ncc(Cl)c(Nc2ccc(F)cc2OC)n1. The summed E-state index contributed by atoms with van der Waals surface area (Å²) in [5, 5.41) is 6.46. The van der Waals surface area contributed by atoms with Crippen LogP contribution in [0.2, 0.25) is 5.02 Å².